The number of hydrogen-bond donors (Lipinski definition) is 0. The van der Waals surface area contributed by atoms with E-state index in [1.807, 2.05) is 11.3 Å². The predicted molar refractivity (Wildman–Crippen MR) is 166 cm³/mol. The Balaban J connectivity index is 1.38. The van der Waals surface area contributed by atoms with E-state index in [-0.39, 0.29) is 0 Å². The lowest BCUT2D eigenvalue weighted by Gasteiger charge is -2.09. The molecule has 3 aromatic heterocycles. The summed E-state index contributed by atoms with van der Waals surface area (Å²) >= 11 is 1.88. The molecule has 3 heterocycles. The third-order valence-corrected chi connectivity index (χ3v) is 9.20. The molecule has 182 valence electrons. The maximum Gasteiger partial charge on any atom is 0.137 e. The van der Waals surface area contributed by atoms with E-state index in [1.165, 1.54) is 58.5 Å². The summed E-state index contributed by atoms with van der Waals surface area (Å²) in [6.45, 7) is 0. The number of furan rings is 1. The second-order valence-corrected chi connectivity index (χ2v) is 11.2. The highest BCUT2D eigenvalue weighted by Crippen LogP contribution is 2.44. The Morgan fingerprint density at radius 1 is 0.538 bits per heavy atom. The molecule has 0 N–H and O–H groups in total. The maximum atomic E-state index is 6.50. The van der Waals surface area contributed by atoms with Crippen molar-refractivity contribution in [2.45, 2.75) is 0 Å². The average molecular weight is 516 g/mol. The van der Waals surface area contributed by atoms with Crippen molar-refractivity contribution in [1.82, 2.24) is 4.57 Å². The number of aromatic nitrogens is 1. The Hall–Kier alpha value is -4.86. The fraction of sp³-hybridized carbons (Fsp3) is 0. The molecule has 0 fully saturated rings. The Bertz CT molecular complexity index is 2390. The van der Waals surface area contributed by atoms with E-state index in [9.17, 15) is 0 Å². The van der Waals surface area contributed by atoms with Gasteiger partial charge < -0.3 is 8.98 Å². The summed E-state index contributed by atoms with van der Waals surface area (Å²) in [7, 11) is 0. The van der Waals surface area contributed by atoms with Crippen LogP contribution < -0.4 is 0 Å². The Morgan fingerprint density at radius 2 is 1.31 bits per heavy atom. The van der Waals surface area contributed by atoms with E-state index >= 15 is 0 Å². The van der Waals surface area contributed by atoms with Gasteiger partial charge >= 0.3 is 0 Å². The van der Waals surface area contributed by atoms with Gasteiger partial charge in [0.05, 0.1) is 15.7 Å². The van der Waals surface area contributed by atoms with E-state index in [0.717, 1.165) is 22.2 Å². The minimum absolute atomic E-state index is 0.903. The van der Waals surface area contributed by atoms with Crippen molar-refractivity contribution in [2.75, 3.05) is 0 Å². The second kappa shape index (κ2) is 7.83. The molecule has 0 unspecified atom stereocenters. The van der Waals surface area contributed by atoms with Crippen LogP contribution in [-0.4, -0.2) is 4.57 Å². The summed E-state index contributed by atoms with van der Waals surface area (Å²) in [5, 5.41) is 7.48. The summed E-state index contributed by atoms with van der Waals surface area (Å²) in [4.78, 5) is 0. The van der Waals surface area contributed by atoms with Crippen LogP contribution >= 0.6 is 11.3 Å². The highest BCUT2D eigenvalue weighted by Gasteiger charge is 2.19. The minimum atomic E-state index is 0.903. The van der Waals surface area contributed by atoms with Crippen molar-refractivity contribution < 1.29 is 4.42 Å². The largest absolute Gasteiger partial charge is 0.456 e. The van der Waals surface area contributed by atoms with Crippen LogP contribution in [0.2, 0.25) is 0 Å². The lowest BCUT2D eigenvalue weighted by molar-refractivity contribution is 0.668. The number of nitrogens with zero attached hydrogens (tertiary/aromatic N) is 1. The highest BCUT2D eigenvalue weighted by molar-refractivity contribution is 7.26. The molecular formula is C36H21NOS. The van der Waals surface area contributed by atoms with Gasteiger partial charge in [-0.2, -0.15) is 0 Å². The number of thiophene rings is 1. The second-order valence-electron chi connectivity index (χ2n) is 10.1. The molecule has 0 aliphatic carbocycles. The highest BCUT2D eigenvalue weighted by atomic mass is 32.1. The Kier molecular flexibility index (Phi) is 4.24. The number of para-hydroxylation sites is 1. The van der Waals surface area contributed by atoms with Crippen molar-refractivity contribution in [2.24, 2.45) is 0 Å². The zero-order chi connectivity index (χ0) is 25.5. The summed E-state index contributed by atoms with van der Waals surface area (Å²) in [6.07, 6.45) is 0. The van der Waals surface area contributed by atoms with Gasteiger partial charge in [-0.15, -0.1) is 11.3 Å². The molecule has 0 amide bonds. The van der Waals surface area contributed by atoms with Crippen LogP contribution in [0.15, 0.2) is 132 Å². The van der Waals surface area contributed by atoms with Gasteiger partial charge in [-0.05, 0) is 41.5 Å². The number of rotatable bonds is 2. The first-order valence-corrected chi connectivity index (χ1v) is 14.0. The van der Waals surface area contributed by atoms with Crippen LogP contribution in [0.1, 0.15) is 0 Å². The van der Waals surface area contributed by atoms with Crippen molar-refractivity contribution in [3.05, 3.63) is 127 Å². The molecular weight excluding hydrogens is 494 g/mol. The first kappa shape index (κ1) is 21.1. The molecule has 2 nitrogen and oxygen atoms in total. The molecule has 0 aliphatic heterocycles. The van der Waals surface area contributed by atoms with Crippen LogP contribution in [0, 0.1) is 0 Å². The number of fused-ring (bicyclic) bond motifs is 10. The van der Waals surface area contributed by atoms with Gasteiger partial charge in [-0.25, -0.2) is 0 Å². The van der Waals surface area contributed by atoms with Crippen LogP contribution in [0.4, 0.5) is 0 Å². The fourth-order valence-corrected chi connectivity index (χ4v) is 7.55. The molecule has 0 aliphatic rings. The summed E-state index contributed by atoms with van der Waals surface area (Å²) < 4.78 is 11.6. The average Bonchev–Trinajstić information content (AvgIpc) is 3.66. The van der Waals surface area contributed by atoms with Crippen LogP contribution in [0.3, 0.4) is 0 Å². The van der Waals surface area contributed by atoms with Gasteiger partial charge in [0.1, 0.15) is 11.2 Å². The molecule has 0 saturated heterocycles. The first-order valence-electron chi connectivity index (χ1n) is 13.2. The van der Waals surface area contributed by atoms with Gasteiger partial charge in [-0.3, -0.25) is 0 Å². The first-order chi connectivity index (χ1) is 19.3. The number of hydrogen-bond acceptors (Lipinski definition) is 2. The molecule has 6 aromatic carbocycles. The van der Waals surface area contributed by atoms with Crippen molar-refractivity contribution in [3.8, 4) is 16.8 Å². The van der Waals surface area contributed by atoms with Gasteiger partial charge in [0, 0.05) is 48.8 Å². The van der Waals surface area contributed by atoms with Gasteiger partial charge in [0.2, 0.25) is 0 Å². The standard InChI is InChI=1S/C36H21NOS/c1-2-9-22(10-3-1)24-13-8-15-31-34(24)29-18-17-23(21-32(29)38-31)37-30-14-6-4-11-25(30)27-19-20-28-26-12-5-7-16-33(26)39-36(28)35(27)37/h1-21H. The van der Waals surface area contributed by atoms with E-state index in [4.69, 9.17) is 4.42 Å². The summed E-state index contributed by atoms with van der Waals surface area (Å²) in [6, 6.07) is 45.6. The van der Waals surface area contributed by atoms with Crippen molar-refractivity contribution in [1.29, 1.82) is 0 Å². The molecule has 0 atom stereocenters. The molecule has 0 bridgehead atoms. The van der Waals surface area contributed by atoms with Crippen LogP contribution in [0.5, 0.6) is 0 Å². The zero-order valence-corrected chi connectivity index (χ0v) is 21.7. The number of benzene rings is 6. The Labute approximate surface area is 227 Å². The van der Waals surface area contributed by atoms with Crippen LogP contribution in [-0.2, 0) is 0 Å². The minimum Gasteiger partial charge on any atom is -0.456 e. The summed E-state index contributed by atoms with van der Waals surface area (Å²) in [5.74, 6) is 0. The summed E-state index contributed by atoms with van der Waals surface area (Å²) in [5.41, 5.74) is 7.79. The van der Waals surface area contributed by atoms with Crippen molar-refractivity contribution in [3.63, 3.8) is 0 Å². The monoisotopic (exact) mass is 515 g/mol. The van der Waals surface area contributed by atoms with E-state index < -0.39 is 0 Å². The van der Waals surface area contributed by atoms with E-state index in [1.54, 1.807) is 0 Å². The quantitative estimate of drug-likeness (QED) is 0.224. The van der Waals surface area contributed by atoms with E-state index in [0.29, 0.717) is 0 Å². The third kappa shape index (κ3) is 2.91. The lowest BCUT2D eigenvalue weighted by Crippen LogP contribution is -1.93. The normalized spacial score (nSPS) is 12.1. The SMILES string of the molecule is c1ccc(-c2cccc3oc4cc(-n5c6ccccc6c6ccc7c8ccccc8sc7c65)ccc4c23)cc1. The van der Waals surface area contributed by atoms with Crippen molar-refractivity contribution >= 4 is 75.3 Å². The molecule has 0 saturated carbocycles. The van der Waals surface area contributed by atoms with Gasteiger partial charge in [0.25, 0.3) is 0 Å². The lowest BCUT2D eigenvalue weighted by atomic mass is 9.99. The molecule has 9 aromatic rings. The third-order valence-electron chi connectivity index (χ3n) is 8.00. The smallest absolute Gasteiger partial charge is 0.137 e. The zero-order valence-electron chi connectivity index (χ0n) is 20.9. The Morgan fingerprint density at radius 3 is 2.23 bits per heavy atom. The van der Waals surface area contributed by atoms with Crippen LogP contribution in [0.25, 0.3) is 80.7 Å². The predicted octanol–water partition coefficient (Wildman–Crippen LogP) is 10.7. The fourth-order valence-electron chi connectivity index (χ4n) is 6.31. The van der Waals surface area contributed by atoms with Gasteiger partial charge in [0.15, 0.2) is 0 Å². The molecule has 0 spiro atoms. The topological polar surface area (TPSA) is 18.1 Å². The molecule has 3 heteroatoms. The van der Waals surface area contributed by atoms with Gasteiger partial charge in [-0.1, -0.05) is 91.0 Å². The molecule has 39 heavy (non-hydrogen) atoms. The maximum absolute atomic E-state index is 6.50. The molecule has 9 rings (SSSR count). The van der Waals surface area contributed by atoms with E-state index in [2.05, 4.69) is 132 Å². The molecule has 0 radical (unpaired) electrons.